The highest BCUT2D eigenvalue weighted by Crippen LogP contribution is 2.35. The van der Waals surface area contributed by atoms with Gasteiger partial charge in [-0.05, 0) is 25.7 Å². The fourth-order valence-electron chi connectivity index (χ4n) is 3.25. The first-order valence-corrected chi connectivity index (χ1v) is 7.88. The number of imidazole rings is 1. The molecule has 6 heteroatoms. The van der Waals surface area contributed by atoms with Gasteiger partial charge in [-0.2, -0.15) is 0 Å². The Morgan fingerprint density at radius 3 is 2.67 bits per heavy atom. The molecule has 2 aliphatic rings. The van der Waals surface area contributed by atoms with Gasteiger partial charge in [-0.3, -0.25) is 14.6 Å². The van der Waals surface area contributed by atoms with Crippen molar-refractivity contribution in [2.75, 3.05) is 26.2 Å². The van der Waals surface area contributed by atoms with Crippen molar-refractivity contribution in [2.24, 2.45) is 5.92 Å². The Morgan fingerprint density at radius 1 is 1.38 bits per heavy atom. The van der Waals surface area contributed by atoms with Gasteiger partial charge in [0.15, 0.2) is 0 Å². The van der Waals surface area contributed by atoms with Crippen LogP contribution in [0.3, 0.4) is 0 Å². The van der Waals surface area contributed by atoms with Crippen LogP contribution in [0.4, 0.5) is 0 Å². The lowest BCUT2D eigenvalue weighted by Gasteiger charge is -2.37. The number of piperazine rings is 1. The Morgan fingerprint density at radius 2 is 2.10 bits per heavy atom. The zero-order chi connectivity index (χ0) is 14.8. The molecule has 1 saturated heterocycles. The van der Waals surface area contributed by atoms with Crippen molar-refractivity contribution in [2.45, 2.75) is 38.9 Å². The highest BCUT2D eigenvalue weighted by molar-refractivity contribution is 5.74. The van der Waals surface area contributed by atoms with Gasteiger partial charge in [0.1, 0.15) is 11.9 Å². The molecule has 3 rings (SSSR count). The molecule has 1 aromatic heterocycles. The largest absolute Gasteiger partial charge is 0.480 e. The summed E-state index contributed by atoms with van der Waals surface area (Å²) in [6, 6.07) is -0.259. The van der Waals surface area contributed by atoms with Gasteiger partial charge < -0.3 is 9.67 Å². The standard InChI is InChI=1S/C15H24N4O2/c1-2-18-6-5-16-13(18)11-17-7-9-19(10-8-17)14(15(20)21)12-3-4-12/h5-6,12,14H,2-4,7-11H2,1H3,(H,20,21). The molecule has 0 bridgehead atoms. The molecular formula is C15H24N4O2. The number of carboxylic acid groups (broad SMARTS) is 1. The molecule has 1 aliphatic carbocycles. The van der Waals surface area contributed by atoms with Crippen molar-refractivity contribution in [1.29, 1.82) is 0 Å². The number of hydrogen-bond donors (Lipinski definition) is 1. The van der Waals surface area contributed by atoms with Crippen molar-refractivity contribution < 1.29 is 9.90 Å². The number of carbonyl (C=O) groups is 1. The van der Waals surface area contributed by atoms with Gasteiger partial charge in [-0.25, -0.2) is 4.98 Å². The average molecular weight is 292 g/mol. The van der Waals surface area contributed by atoms with Gasteiger partial charge in [0.05, 0.1) is 6.54 Å². The molecule has 0 radical (unpaired) electrons. The summed E-state index contributed by atoms with van der Waals surface area (Å²) in [6.45, 7) is 7.46. The number of rotatable bonds is 6. The molecule has 1 saturated carbocycles. The molecule has 21 heavy (non-hydrogen) atoms. The number of hydrogen-bond acceptors (Lipinski definition) is 4. The van der Waals surface area contributed by atoms with E-state index < -0.39 is 5.97 Å². The molecule has 2 heterocycles. The van der Waals surface area contributed by atoms with Crippen LogP contribution in [0.15, 0.2) is 12.4 Å². The molecule has 1 unspecified atom stereocenters. The summed E-state index contributed by atoms with van der Waals surface area (Å²) >= 11 is 0. The maximum Gasteiger partial charge on any atom is 0.321 e. The fraction of sp³-hybridized carbons (Fsp3) is 0.733. The van der Waals surface area contributed by atoms with Crippen molar-refractivity contribution in [3.05, 3.63) is 18.2 Å². The molecule has 1 N–H and O–H groups in total. The SMILES string of the molecule is CCn1ccnc1CN1CCN(C(C(=O)O)C2CC2)CC1. The second kappa shape index (κ2) is 6.15. The Balaban J connectivity index is 1.54. The third-order valence-electron chi connectivity index (χ3n) is 4.63. The van der Waals surface area contributed by atoms with E-state index in [0.29, 0.717) is 5.92 Å². The third-order valence-corrected chi connectivity index (χ3v) is 4.63. The van der Waals surface area contributed by atoms with E-state index in [1.165, 1.54) is 0 Å². The first kappa shape index (κ1) is 14.5. The first-order chi connectivity index (χ1) is 10.2. The molecule has 1 aromatic rings. The monoisotopic (exact) mass is 292 g/mol. The van der Waals surface area contributed by atoms with Crippen LogP contribution in [0.1, 0.15) is 25.6 Å². The molecule has 116 valence electrons. The van der Waals surface area contributed by atoms with E-state index in [1.807, 2.05) is 12.4 Å². The minimum atomic E-state index is -0.646. The molecule has 0 aromatic carbocycles. The number of aromatic nitrogens is 2. The Kier molecular flexibility index (Phi) is 4.26. The van der Waals surface area contributed by atoms with Crippen LogP contribution in [-0.4, -0.2) is 62.6 Å². The normalized spacial score (nSPS) is 22.3. The van der Waals surface area contributed by atoms with Gasteiger partial charge >= 0.3 is 5.97 Å². The van der Waals surface area contributed by atoms with Gasteiger partial charge in [0.2, 0.25) is 0 Å². The van der Waals surface area contributed by atoms with Crippen molar-refractivity contribution in [1.82, 2.24) is 19.4 Å². The fourth-order valence-corrected chi connectivity index (χ4v) is 3.25. The summed E-state index contributed by atoms with van der Waals surface area (Å²) in [5.41, 5.74) is 0. The van der Waals surface area contributed by atoms with Gasteiger partial charge in [-0.15, -0.1) is 0 Å². The summed E-state index contributed by atoms with van der Waals surface area (Å²) in [5, 5.41) is 9.41. The number of aliphatic carboxylic acids is 1. The summed E-state index contributed by atoms with van der Waals surface area (Å²) < 4.78 is 2.16. The molecular weight excluding hydrogens is 268 g/mol. The Hall–Kier alpha value is -1.40. The lowest BCUT2D eigenvalue weighted by atomic mass is 10.1. The smallest absolute Gasteiger partial charge is 0.321 e. The molecule has 0 amide bonds. The van der Waals surface area contributed by atoms with Gasteiger partial charge in [-0.1, -0.05) is 0 Å². The van der Waals surface area contributed by atoms with E-state index >= 15 is 0 Å². The lowest BCUT2D eigenvalue weighted by molar-refractivity contribution is -0.145. The minimum absolute atomic E-state index is 0.259. The summed E-state index contributed by atoms with van der Waals surface area (Å²) in [4.78, 5) is 20.4. The topological polar surface area (TPSA) is 61.6 Å². The van der Waals surface area contributed by atoms with E-state index in [1.54, 1.807) is 0 Å². The van der Waals surface area contributed by atoms with Crippen LogP contribution in [-0.2, 0) is 17.9 Å². The van der Waals surface area contributed by atoms with E-state index in [-0.39, 0.29) is 6.04 Å². The second-order valence-electron chi connectivity index (χ2n) is 6.06. The van der Waals surface area contributed by atoms with Crippen molar-refractivity contribution >= 4 is 5.97 Å². The summed E-state index contributed by atoms with van der Waals surface area (Å²) in [5.74, 6) is 0.837. The van der Waals surface area contributed by atoms with E-state index in [0.717, 1.165) is 57.9 Å². The number of aryl methyl sites for hydroxylation is 1. The summed E-state index contributed by atoms with van der Waals surface area (Å²) in [6.07, 6.45) is 6.01. The first-order valence-electron chi connectivity index (χ1n) is 7.88. The quantitative estimate of drug-likeness (QED) is 0.843. The second-order valence-corrected chi connectivity index (χ2v) is 6.06. The van der Waals surface area contributed by atoms with E-state index in [2.05, 4.69) is 26.3 Å². The molecule has 1 atom stereocenters. The van der Waals surface area contributed by atoms with Gasteiger partial charge in [0.25, 0.3) is 0 Å². The zero-order valence-corrected chi connectivity index (χ0v) is 12.6. The lowest BCUT2D eigenvalue weighted by Crippen LogP contribution is -2.53. The predicted molar refractivity (Wildman–Crippen MR) is 78.9 cm³/mol. The summed E-state index contributed by atoms with van der Waals surface area (Å²) in [7, 11) is 0. The van der Waals surface area contributed by atoms with E-state index in [9.17, 15) is 9.90 Å². The zero-order valence-electron chi connectivity index (χ0n) is 12.6. The predicted octanol–water partition coefficient (Wildman–Crippen LogP) is 0.884. The number of nitrogens with zero attached hydrogens (tertiary/aromatic N) is 4. The molecule has 2 fully saturated rings. The Labute approximate surface area is 125 Å². The molecule has 0 spiro atoms. The third kappa shape index (κ3) is 3.27. The van der Waals surface area contributed by atoms with Gasteiger partial charge in [0, 0.05) is 45.1 Å². The minimum Gasteiger partial charge on any atom is -0.480 e. The average Bonchev–Trinajstić information content (AvgIpc) is 3.19. The number of carboxylic acids is 1. The Bertz CT molecular complexity index is 490. The van der Waals surface area contributed by atoms with E-state index in [4.69, 9.17) is 0 Å². The highest BCUT2D eigenvalue weighted by atomic mass is 16.4. The maximum atomic E-state index is 11.4. The van der Waals surface area contributed by atoms with Crippen LogP contribution in [0.2, 0.25) is 0 Å². The maximum absolute atomic E-state index is 11.4. The van der Waals surface area contributed by atoms with Crippen LogP contribution in [0, 0.1) is 5.92 Å². The van der Waals surface area contributed by atoms with Crippen molar-refractivity contribution in [3.63, 3.8) is 0 Å². The molecule has 1 aliphatic heterocycles. The van der Waals surface area contributed by atoms with Crippen LogP contribution >= 0.6 is 0 Å². The van der Waals surface area contributed by atoms with Crippen LogP contribution in [0.25, 0.3) is 0 Å². The van der Waals surface area contributed by atoms with Crippen LogP contribution in [0.5, 0.6) is 0 Å². The van der Waals surface area contributed by atoms with Crippen molar-refractivity contribution in [3.8, 4) is 0 Å². The highest BCUT2D eigenvalue weighted by Gasteiger charge is 2.41. The van der Waals surface area contributed by atoms with Crippen LogP contribution < -0.4 is 0 Å². The molecule has 6 nitrogen and oxygen atoms in total.